The summed E-state index contributed by atoms with van der Waals surface area (Å²) < 4.78 is 30.2. The third-order valence-corrected chi connectivity index (χ3v) is 4.18. The predicted molar refractivity (Wildman–Crippen MR) is 103 cm³/mol. The minimum Gasteiger partial charge on any atom is -0.444 e. The van der Waals surface area contributed by atoms with Crippen LogP contribution in [0.15, 0.2) is 66.9 Å². The second kappa shape index (κ2) is 9.08. The van der Waals surface area contributed by atoms with Crippen molar-refractivity contribution in [1.82, 2.24) is 4.98 Å². The summed E-state index contributed by atoms with van der Waals surface area (Å²) in [6, 6.07) is 17.2. The lowest BCUT2D eigenvalue weighted by atomic mass is 10.1. The van der Waals surface area contributed by atoms with Crippen LogP contribution in [-0.2, 0) is 17.8 Å². The molecule has 2 aromatic carbocycles. The highest BCUT2D eigenvalue weighted by Gasteiger charge is 2.08. The number of aromatic nitrogens is 1. The summed E-state index contributed by atoms with van der Waals surface area (Å²) in [6.07, 6.45) is -0.504. The molecular formula is C22H20F2N2O2. The minimum absolute atomic E-state index is 0.00780. The van der Waals surface area contributed by atoms with Crippen molar-refractivity contribution in [2.24, 2.45) is 0 Å². The first kappa shape index (κ1) is 19.5. The van der Waals surface area contributed by atoms with Gasteiger partial charge in [0.1, 0.15) is 6.61 Å². The molecule has 0 atom stereocenters. The quantitative estimate of drug-likeness (QED) is 0.598. The predicted octanol–water partition coefficient (Wildman–Crippen LogP) is 5.67. The van der Waals surface area contributed by atoms with Crippen LogP contribution >= 0.6 is 0 Å². The highest BCUT2D eigenvalue weighted by Crippen LogP contribution is 2.19. The van der Waals surface area contributed by atoms with Gasteiger partial charge in [0.25, 0.3) is 6.43 Å². The molecule has 0 spiro atoms. The third-order valence-electron chi connectivity index (χ3n) is 4.18. The molecule has 0 fully saturated rings. The number of carbonyl (C=O) groups is 1. The molecule has 6 heteroatoms. The maximum atomic E-state index is 12.5. The van der Waals surface area contributed by atoms with Crippen molar-refractivity contribution >= 4 is 11.8 Å². The van der Waals surface area contributed by atoms with E-state index in [0.29, 0.717) is 11.3 Å². The second-order valence-electron chi connectivity index (χ2n) is 6.42. The van der Waals surface area contributed by atoms with Gasteiger partial charge in [0.05, 0.1) is 0 Å². The number of alkyl halides is 2. The standard InChI is InChI=1S/C22H20F2N2O2/c1-15-2-3-18(13-25-15)12-16-6-10-20(11-7-16)26-22(27)28-14-17-4-8-19(9-5-17)21(23)24/h2-11,13,21H,12,14H2,1H3,(H,26,27). The number of nitrogens with one attached hydrogen (secondary N) is 1. The van der Waals surface area contributed by atoms with Gasteiger partial charge in [-0.1, -0.05) is 42.5 Å². The van der Waals surface area contributed by atoms with Crippen molar-refractivity contribution < 1.29 is 18.3 Å². The normalized spacial score (nSPS) is 10.7. The van der Waals surface area contributed by atoms with Gasteiger partial charge in [-0.2, -0.15) is 0 Å². The highest BCUT2D eigenvalue weighted by molar-refractivity contribution is 5.84. The first-order valence-electron chi connectivity index (χ1n) is 8.81. The molecule has 0 bridgehead atoms. The SMILES string of the molecule is Cc1ccc(Cc2ccc(NC(=O)OCc3ccc(C(F)F)cc3)cc2)cn1. The van der Waals surface area contributed by atoms with E-state index in [2.05, 4.69) is 10.3 Å². The lowest BCUT2D eigenvalue weighted by Gasteiger charge is -2.09. The van der Waals surface area contributed by atoms with Crippen molar-refractivity contribution in [3.8, 4) is 0 Å². The zero-order valence-electron chi connectivity index (χ0n) is 15.4. The van der Waals surface area contributed by atoms with Crippen LogP contribution in [-0.4, -0.2) is 11.1 Å². The van der Waals surface area contributed by atoms with E-state index in [1.54, 1.807) is 12.1 Å². The van der Waals surface area contributed by atoms with E-state index in [1.165, 1.54) is 24.3 Å². The van der Waals surface area contributed by atoms with Gasteiger partial charge in [0.15, 0.2) is 0 Å². The zero-order chi connectivity index (χ0) is 19.9. The molecular weight excluding hydrogens is 362 g/mol. The summed E-state index contributed by atoms with van der Waals surface area (Å²) in [5.41, 5.74) is 4.39. The maximum Gasteiger partial charge on any atom is 0.411 e. The smallest absolute Gasteiger partial charge is 0.411 e. The van der Waals surface area contributed by atoms with Crippen LogP contribution in [0.4, 0.5) is 19.3 Å². The van der Waals surface area contributed by atoms with E-state index in [1.807, 2.05) is 37.4 Å². The van der Waals surface area contributed by atoms with Crippen molar-refractivity contribution in [2.45, 2.75) is 26.4 Å². The van der Waals surface area contributed by atoms with Gasteiger partial charge in [-0.3, -0.25) is 10.3 Å². The van der Waals surface area contributed by atoms with Crippen LogP contribution in [0.2, 0.25) is 0 Å². The summed E-state index contributed by atoms with van der Waals surface area (Å²) in [5.74, 6) is 0. The molecule has 1 amide bonds. The number of hydrogen-bond acceptors (Lipinski definition) is 3. The zero-order valence-corrected chi connectivity index (χ0v) is 15.4. The molecule has 1 heterocycles. The van der Waals surface area contributed by atoms with E-state index in [0.717, 1.165) is 23.2 Å². The first-order valence-corrected chi connectivity index (χ1v) is 8.81. The molecule has 0 aliphatic heterocycles. The Morgan fingerprint density at radius 1 is 0.964 bits per heavy atom. The monoisotopic (exact) mass is 382 g/mol. The van der Waals surface area contributed by atoms with Gasteiger partial charge in [-0.15, -0.1) is 0 Å². The molecule has 0 saturated carbocycles. The number of amides is 1. The Morgan fingerprint density at radius 2 is 1.61 bits per heavy atom. The topological polar surface area (TPSA) is 51.2 Å². The molecule has 3 aromatic rings. The number of rotatable bonds is 6. The van der Waals surface area contributed by atoms with Gasteiger partial charge in [-0.05, 0) is 48.2 Å². The number of carbonyl (C=O) groups excluding carboxylic acids is 1. The lowest BCUT2D eigenvalue weighted by molar-refractivity contribution is 0.150. The molecule has 28 heavy (non-hydrogen) atoms. The number of anilines is 1. The first-order chi connectivity index (χ1) is 13.5. The van der Waals surface area contributed by atoms with Gasteiger partial charge in [0, 0.05) is 23.1 Å². The van der Waals surface area contributed by atoms with Crippen molar-refractivity contribution in [2.75, 3.05) is 5.32 Å². The van der Waals surface area contributed by atoms with E-state index in [9.17, 15) is 13.6 Å². The molecule has 0 aliphatic rings. The van der Waals surface area contributed by atoms with E-state index in [-0.39, 0.29) is 12.2 Å². The molecule has 0 aliphatic carbocycles. The fourth-order valence-corrected chi connectivity index (χ4v) is 2.61. The van der Waals surface area contributed by atoms with E-state index < -0.39 is 12.5 Å². The molecule has 3 rings (SSSR count). The van der Waals surface area contributed by atoms with Gasteiger partial charge >= 0.3 is 6.09 Å². The van der Waals surface area contributed by atoms with Crippen LogP contribution in [0.5, 0.6) is 0 Å². The molecule has 4 nitrogen and oxygen atoms in total. The minimum atomic E-state index is -2.51. The van der Waals surface area contributed by atoms with Crippen LogP contribution in [0.25, 0.3) is 0 Å². The number of aryl methyl sites for hydroxylation is 1. The Hall–Kier alpha value is -3.28. The Balaban J connectivity index is 1.49. The number of hydrogen-bond donors (Lipinski definition) is 1. The fraction of sp³-hybridized carbons (Fsp3) is 0.182. The van der Waals surface area contributed by atoms with Gasteiger partial charge in [-0.25, -0.2) is 13.6 Å². The molecule has 1 N–H and O–H groups in total. The van der Waals surface area contributed by atoms with E-state index >= 15 is 0 Å². The number of benzene rings is 2. The van der Waals surface area contributed by atoms with E-state index in [4.69, 9.17) is 4.74 Å². The van der Waals surface area contributed by atoms with Gasteiger partial charge < -0.3 is 4.74 Å². The lowest BCUT2D eigenvalue weighted by Crippen LogP contribution is -2.13. The maximum absolute atomic E-state index is 12.5. The van der Waals surface area contributed by atoms with Gasteiger partial charge in [0.2, 0.25) is 0 Å². The Labute approximate surface area is 162 Å². The summed E-state index contributed by atoms with van der Waals surface area (Å²) in [7, 11) is 0. The van der Waals surface area contributed by atoms with Crippen LogP contribution in [0, 0.1) is 6.92 Å². The average molecular weight is 382 g/mol. The van der Waals surface area contributed by atoms with Crippen molar-refractivity contribution in [3.63, 3.8) is 0 Å². The summed E-state index contributed by atoms with van der Waals surface area (Å²) in [5, 5.41) is 2.65. The summed E-state index contributed by atoms with van der Waals surface area (Å²) >= 11 is 0. The molecule has 0 unspecified atom stereocenters. The Morgan fingerprint density at radius 3 is 2.21 bits per heavy atom. The molecule has 144 valence electrons. The third kappa shape index (κ3) is 5.61. The summed E-state index contributed by atoms with van der Waals surface area (Å²) in [6.45, 7) is 1.95. The second-order valence-corrected chi connectivity index (χ2v) is 6.42. The molecule has 0 radical (unpaired) electrons. The van der Waals surface area contributed by atoms with Crippen LogP contribution in [0.1, 0.15) is 34.4 Å². The number of halogens is 2. The summed E-state index contributed by atoms with van der Waals surface area (Å²) in [4.78, 5) is 16.2. The van der Waals surface area contributed by atoms with Crippen molar-refractivity contribution in [3.05, 3.63) is 94.8 Å². The largest absolute Gasteiger partial charge is 0.444 e. The number of ether oxygens (including phenoxy) is 1. The average Bonchev–Trinajstić information content (AvgIpc) is 2.70. The number of pyridine rings is 1. The fourth-order valence-electron chi connectivity index (χ4n) is 2.61. The van der Waals surface area contributed by atoms with Crippen LogP contribution in [0.3, 0.4) is 0 Å². The highest BCUT2D eigenvalue weighted by atomic mass is 19.3. The Bertz CT molecular complexity index is 909. The Kier molecular flexibility index (Phi) is 6.32. The molecule has 1 aromatic heterocycles. The molecule has 0 saturated heterocycles. The van der Waals surface area contributed by atoms with Crippen molar-refractivity contribution in [1.29, 1.82) is 0 Å². The number of nitrogens with zero attached hydrogens (tertiary/aromatic N) is 1. The van der Waals surface area contributed by atoms with Crippen LogP contribution < -0.4 is 5.32 Å².